The zero-order valence-electron chi connectivity index (χ0n) is 40.2. The van der Waals surface area contributed by atoms with Gasteiger partial charge in [0.05, 0.1) is 34.4 Å². The van der Waals surface area contributed by atoms with E-state index in [4.69, 9.17) is 14.2 Å². The fourth-order valence-corrected chi connectivity index (χ4v) is 6.38. The first kappa shape index (κ1) is 58.7. The molecule has 0 bridgehead atoms. The predicted octanol–water partition coefficient (Wildman–Crippen LogP) is 13.8. The van der Waals surface area contributed by atoms with Gasteiger partial charge in [-0.05, 0) is 64.2 Å². The maximum absolute atomic E-state index is 12.8. The van der Waals surface area contributed by atoms with Crippen molar-refractivity contribution in [2.45, 2.75) is 167 Å². The molecule has 0 radical (unpaired) electrons. The van der Waals surface area contributed by atoms with Crippen molar-refractivity contribution in [3.63, 3.8) is 0 Å². The molecule has 0 saturated heterocycles. The number of carbonyl (C=O) groups excluding carboxylic acids is 2. The second kappa shape index (κ2) is 44.3. The molecule has 0 rings (SSSR count). The molecule has 0 aromatic heterocycles. The van der Waals surface area contributed by atoms with Gasteiger partial charge in [-0.2, -0.15) is 0 Å². The Labute approximate surface area is 384 Å². The molecule has 0 aliphatic rings. The largest absolute Gasteiger partial charge is 0.477 e. The van der Waals surface area contributed by atoms with Gasteiger partial charge in [-0.25, -0.2) is 4.79 Å². The Kier molecular flexibility index (Phi) is 41.3. The number of ether oxygens (including phenoxy) is 3. The van der Waals surface area contributed by atoms with Crippen molar-refractivity contribution in [3.8, 4) is 0 Å². The smallest absolute Gasteiger partial charge is 0.362 e. The topological polar surface area (TPSA) is 99.1 Å². The molecule has 0 heterocycles. The van der Waals surface area contributed by atoms with Gasteiger partial charge in [0.2, 0.25) is 0 Å². The van der Waals surface area contributed by atoms with E-state index in [1.54, 1.807) is 0 Å². The molecular weight excluding hydrogens is 787 g/mol. The fraction of sp³-hybridized carbons (Fsp3) is 0.582. The van der Waals surface area contributed by atoms with Crippen LogP contribution in [0.15, 0.2) is 122 Å². The van der Waals surface area contributed by atoms with Crippen LogP contribution >= 0.6 is 0 Å². The second-order valence-electron chi connectivity index (χ2n) is 16.8. The third-order valence-electron chi connectivity index (χ3n) is 10.1. The van der Waals surface area contributed by atoms with Gasteiger partial charge in [-0.3, -0.25) is 9.59 Å². The Hall–Kier alpha value is -4.27. The highest BCUT2D eigenvalue weighted by Gasteiger charge is 2.31. The van der Waals surface area contributed by atoms with Crippen LogP contribution < -0.4 is 0 Å². The minimum atomic E-state index is -0.888. The van der Waals surface area contributed by atoms with Crippen LogP contribution in [-0.4, -0.2) is 80.6 Å². The lowest BCUT2D eigenvalue weighted by molar-refractivity contribution is -0.887. The number of nitrogens with zero attached hydrogens (tertiary/aromatic N) is 1. The van der Waals surface area contributed by atoms with E-state index in [2.05, 4.69) is 62.5 Å². The summed E-state index contributed by atoms with van der Waals surface area (Å²) in [5, 5.41) is 9.65. The minimum absolute atomic E-state index is 0.0358. The summed E-state index contributed by atoms with van der Waals surface area (Å²) in [6.45, 7) is 4.41. The van der Waals surface area contributed by atoms with E-state index >= 15 is 0 Å². The molecule has 0 aromatic rings. The molecule has 0 spiro atoms. The Bertz CT molecular complexity index is 1440. The van der Waals surface area contributed by atoms with Crippen LogP contribution in [0.3, 0.4) is 0 Å². The van der Waals surface area contributed by atoms with E-state index in [-0.39, 0.29) is 36.2 Å². The molecule has 2 unspecified atom stereocenters. The number of carboxylic acids is 1. The number of rotatable bonds is 41. The van der Waals surface area contributed by atoms with Crippen molar-refractivity contribution >= 4 is 17.9 Å². The first-order valence-electron chi connectivity index (χ1n) is 24.2. The minimum Gasteiger partial charge on any atom is -0.477 e. The molecule has 0 aliphatic heterocycles. The van der Waals surface area contributed by atoms with Crippen molar-refractivity contribution in [1.29, 1.82) is 0 Å². The van der Waals surface area contributed by atoms with Gasteiger partial charge in [0.15, 0.2) is 12.1 Å². The lowest BCUT2D eigenvalue weighted by Crippen LogP contribution is -2.50. The standard InChI is InChI=1S/C55H87NO7/c1-6-8-10-12-14-16-18-20-22-24-26-28-30-32-34-36-38-40-42-44-46-54(58)63-51(49-61-48-47-52(55(59)60)56(3,4)5)50-62-53(57)45-43-41-39-37-35-33-31-29-27-25-23-21-19-17-15-13-11-9-7-2/h8-11,13-17,19-23,25,27,29,31,33,35,51-52H,6-7,12,18,24,26,28,30,32,34,36-50H2,1-5H3/p+1/b10-8+,11-9+,15-13+,16-14+,19-17+,22-20+,23-21+,27-25+,31-29+,35-33+. The fourth-order valence-electron chi connectivity index (χ4n) is 6.38. The van der Waals surface area contributed by atoms with Gasteiger partial charge in [-0.1, -0.05) is 193 Å². The first-order valence-corrected chi connectivity index (χ1v) is 24.2. The van der Waals surface area contributed by atoms with Crippen molar-refractivity contribution < 1.29 is 38.2 Å². The van der Waals surface area contributed by atoms with Crippen LogP contribution in [0.1, 0.15) is 155 Å². The van der Waals surface area contributed by atoms with Gasteiger partial charge < -0.3 is 23.8 Å². The molecule has 8 heteroatoms. The van der Waals surface area contributed by atoms with Gasteiger partial charge in [0.1, 0.15) is 6.61 Å². The zero-order chi connectivity index (χ0) is 46.3. The Morgan fingerprint density at radius 1 is 0.492 bits per heavy atom. The average Bonchev–Trinajstić information content (AvgIpc) is 3.24. The number of hydrogen-bond acceptors (Lipinski definition) is 6. The number of carboxylic acid groups (broad SMARTS) is 1. The molecule has 0 saturated carbocycles. The lowest BCUT2D eigenvalue weighted by Gasteiger charge is -2.31. The van der Waals surface area contributed by atoms with Gasteiger partial charge >= 0.3 is 17.9 Å². The molecule has 354 valence electrons. The lowest BCUT2D eigenvalue weighted by atomic mass is 10.0. The summed E-state index contributed by atoms with van der Waals surface area (Å²) in [6.07, 6.45) is 62.4. The first-order chi connectivity index (χ1) is 30.6. The monoisotopic (exact) mass is 875 g/mol. The number of likely N-dealkylation sites (N-methyl/N-ethyl adjacent to an activating group) is 1. The second-order valence-corrected chi connectivity index (χ2v) is 16.8. The summed E-state index contributed by atoms with van der Waals surface area (Å²) >= 11 is 0. The molecule has 0 fully saturated rings. The third kappa shape index (κ3) is 42.8. The summed E-state index contributed by atoms with van der Waals surface area (Å²) < 4.78 is 17.3. The van der Waals surface area contributed by atoms with Gasteiger partial charge in [-0.15, -0.1) is 0 Å². The van der Waals surface area contributed by atoms with E-state index < -0.39 is 18.1 Å². The van der Waals surface area contributed by atoms with E-state index in [1.165, 1.54) is 51.4 Å². The van der Waals surface area contributed by atoms with E-state index in [0.717, 1.165) is 64.2 Å². The molecule has 2 atom stereocenters. The van der Waals surface area contributed by atoms with Crippen molar-refractivity contribution in [2.75, 3.05) is 41.0 Å². The number of allylic oxidation sites excluding steroid dienone is 20. The SMILES string of the molecule is CC/C=C/C=C/C=C/C=C/C=C/C=C/C=C/CCCCCC(=O)OCC(COCCC(C(=O)O)[N+](C)(C)C)OC(=O)CCCCCCCCCCCC/C=C/C/C=C/C/C=C/CC. The van der Waals surface area contributed by atoms with Crippen LogP contribution in [0, 0.1) is 0 Å². The Morgan fingerprint density at radius 3 is 1.44 bits per heavy atom. The predicted molar refractivity (Wildman–Crippen MR) is 265 cm³/mol. The average molecular weight is 875 g/mol. The quantitative estimate of drug-likeness (QED) is 0.0215. The number of carbonyl (C=O) groups is 3. The highest BCUT2D eigenvalue weighted by molar-refractivity contribution is 5.72. The normalized spacial score (nSPS) is 14.0. The zero-order valence-corrected chi connectivity index (χ0v) is 40.2. The molecule has 63 heavy (non-hydrogen) atoms. The maximum Gasteiger partial charge on any atom is 0.362 e. The van der Waals surface area contributed by atoms with Gasteiger partial charge in [0, 0.05) is 19.3 Å². The van der Waals surface area contributed by atoms with Crippen molar-refractivity contribution in [3.05, 3.63) is 122 Å². The highest BCUT2D eigenvalue weighted by atomic mass is 16.6. The van der Waals surface area contributed by atoms with E-state index in [1.807, 2.05) is 94.1 Å². The van der Waals surface area contributed by atoms with Gasteiger partial charge in [0.25, 0.3) is 0 Å². The number of esters is 2. The summed E-state index contributed by atoms with van der Waals surface area (Å²) in [6, 6.07) is -0.631. The van der Waals surface area contributed by atoms with E-state index in [9.17, 15) is 19.5 Å². The maximum atomic E-state index is 12.8. The molecule has 0 aliphatic carbocycles. The Balaban J connectivity index is 4.41. The summed E-state index contributed by atoms with van der Waals surface area (Å²) in [5.41, 5.74) is 0. The van der Waals surface area contributed by atoms with Crippen LogP contribution in [-0.2, 0) is 28.6 Å². The molecule has 0 aromatic carbocycles. The molecule has 0 amide bonds. The molecule has 8 nitrogen and oxygen atoms in total. The van der Waals surface area contributed by atoms with Crippen molar-refractivity contribution in [2.24, 2.45) is 0 Å². The number of aliphatic carboxylic acids is 1. The Morgan fingerprint density at radius 2 is 0.921 bits per heavy atom. The molecular formula is C55H88NO7+. The van der Waals surface area contributed by atoms with Crippen LogP contribution in [0.2, 0.25) is 0 Å². The van der Waals surface area contributed by atoms with Crippen LogP contribution in [0.4, 0.5) is 0 Å². The number of hydrogen-bond donors (Lipinski definition) is 1. The number of quaternary nitrogens is 1. The summed E-state index contributed by atoms with van der Waals surface area (Å²) in [5.74, 6) is -1.55. The third-order valence-corrected chi connectivity index (χ3v) is 10.1. The van der Waals surface area contributed by atoms with E-state index in [0.29, 0.717) is 25.7 Å². The van der Waals surface area contributed by atoms with Crippen LogP contribution in [0.25, 0.3) is 0 Å². The highest BCUT2D eigenvalue weighted by Crippen LogP contribution is 2.14. The number of unbranched alkanes of at least 4 members (excludes halogenated alkanes) is 13. The molecule has 1 N–H and O–H groups in total. The summed E-state index contributed by atoms with van der Waals surface area (Å²) in [7, 11) is 5.50. The summed E-state index contributed by atoms with van der Waals surface area (Å²) in [4.78, 5) is 37.1. The van der Waals surface area contributed by atoms with Crippen LogP contribution in [0.5, 0.6) is 0 Å². The van der Waals surface area contributed by atoms with Crippen molar-refractivity contribution in [1.82, 2.24) is 0 Å².